The van der Waals surface area contributed by atoms with Gasteiger partial charge in [-0.25, -0.2) is 17.9 Å². The SMILES string of the molecule is CCOC(=O)c1cnnn1C[C@@]1(C)[C@H](C(=O)[O-])C2C(=O)CC2S1(=O)=O. The first-order valence-electron chi connectivity index (χ1n) is 7.67. The number of hydrogen-bond acceptors (Lipinski definition) is 9. The number of sulfone groups is 1. The van der Waals surface area contributed by atoms with Gasteiger partial charge in [-0.15, -0.1) is 5.10 Å². The van der Waals surface area contributed by atoms with Gasteiger partial charge in [-0.2, -0.15) is 0 Å². The molecule has 2 aliphatic rings. The maximum absolute atomic E-state index is 12.8. The number of carbonyl (C=O) groups excluding carboxylic acids is 3. The van der Waals surface area contributed by atoms with Crippen LogP contribution in [0.4, 0.5) is 0 Å². The van der Waals surface area contributed by atoms with Crippen molar-refractivity contribution in [2.45, 2.75) is 36.8 Å². The molecule has 1 aliphatic carbocycles. The summed E-state index contributed by atoms with van der Waals surface area (Å²) in [5.41, 5.74) is -0.0963. The van der Waals surface area contributed by atoms with Crippen LogP contribution < -0.4 is 5.11 Å². The molecule has 10 nitrogen and oxygen atoms in total. The number of carbonyl (C=O) groups is 3. The van der Waals surface area contributed by atoms with E-state index in [1.807, 2.05) is 0 Å². The van der Waals surface area contributed by atoms with Crippen molar-refractivity contribution in [3.63, 3.8) is 0 Å². The van der Waals surface area contributed by atoms with Crippen LogP contribution in [0, 0.1) is 11.8 Å². The van der Waals surface area contributed by atoms with Crippen molar-refractivity contribution in [1.82, 2.24) is 15.0 Å². The minimum absolute atomic E-state index is 0.0963. The molecule has 1 saturated carbocycles. The summed E-state index contributed by atoms with van der Waals surface area (Å²) in [5.74, 6) is -5.40. The molecule has 2 heterocycles. The highest BCUT2D eigenvalue weighted by Crippen LogP contribution is 2.53. The van der Waals surface area contributed by atoms with Crippen LogP contribution in [0.25, 0.3) is 0 Å². The third kappa shape index (κ3) is 2.29. The zero-order valence-electron chi connectivity index (χ0n) is 13.5. The van der Waals surface area contributed by atoms with Gasteiger partial charge in [-0.1, -0.05) is 5.21 Å². The van der Waals surface area contributed by atoms with E-state index in [0.717, 1.165) is 10.9 Å². The average molecular weight is 370 g/mol. The molecule has 0 N–H and O–H groups in total. The highest BCUT2D eigenvalue weighted by Gasteiger charge is 2.69. The van der Waals surface area contributed by atoms with Crippen molar-refractivity contribution < 1.29 is 32.6 Å². The summed E-state index contributed by atoms with van der Waals surface area (Å²) in [6, 6.07) is 0. The van der Waals surface area contributed by atoms with E-state index in [0.29, 0.717) is 0 Å². The Labute approximate surface area is 143 Å². The molecular weight excluding hydrogens is 354 g/mol. The predicted molar refractivity (Wildman–Crippen MR) is 78.7 cm³/mol. The number of rotatable bonds is 5. The van der Waals surface area contributed by atoms with Crippen molar-refractivity contribution in [3.05, 3.63) is 11.9 Å². The lowest BCUT2D eigenvalue weighted by Crippen LogP contribution is -2.52. The summed E-state index contributed by atoms with van der Waals surface area (Å²) in [5, 5.41) is 17.8. The first-order chi connectivity index (χ1) is 11.6. The molecule has 11 heteroatoms. The zero-order chi connectivity index (χ0) is 18.6. The first-order valence-corrected chi connectivity index (χ1v) is 9.22. The molecule has 0 spiro atoms. The molecule has 136 valence electrons. The van der Waals surface area contributed by atoms with Crippen LogP contribution in [-0.4, -0.2) is 57.7 Å². The van der Waals surface area contributed by atoms with Gasteiger partial charge < -0.3 is 14.6 Å². The van der Waals surface area contributed by atoms with Gasteiger partial charge in [-0.05, 0) is 13.8 Å². The topological polar surface area (TPSA) is 148 Å². The minimum atomic E-state index is -3.97. The molecule has 2 unspecified atom stereocenters. The second-order valence-electron chi connectivity index (χ2n) is 6.39. The van der Waals surface area contributed by atoms with E-state index in [9.17, 15) is 27.9 Å². The van der Waals surface area contributed by atoms with Gasteiger partial charge in [0.25, 0.3) is 0 Å². The number of Topliss-reactive ketones (excluding diaryl/α,β-unsaturated/α-hetero) is 1. The van der Waals surface area contributed by atoms with Gasteiger partial charge >= 0.3 is 5.97 Å². The number of hydrogen-bond donors (Lipinski definition) is 0. The maximum atomic E-state index is 12.8. The highest BCUT2D eigenvalue weighted by molar-refractivity contribution is 7.94. The van der Waals surface area contributed by atoms with Crippen molar-refractivity contribution in [3.8, 4) is 0 Å². The molecule has 3 rings (SSSR count). The van der Waals surface area contributed by atoms with E-state index in [4.69, 9.17) is 4.74 Å². The highest BCUT2D eigenvalue weighted by atomic mass is 32.2. The number of fused-ring (bicyclic) bond motifs is 1. The Bertz CT molecular complexity index is 862. The molecule has 1 aromatic heterocycles. The monoisotopic (exact) mass is 370 g/mol. The standard InChI is InChI=1S/C14H17N3O7S/c1-3-24-13(21)7-5-15-16-17(7)6-14(2)11(12(19)20)10-8(18)4-9(10)25(14,22)23/h5,9-11H,3-4,6H2,1-2H3,(H,19,20)/p-1/t9?,10?,11-,14-/m0/s1. The summed E-state index contributed by atoms with van der Waals surface area (Å²) < 4.78 is 29.7. The first kappa shape index (κ1) is 17.5. The molecular formula is C14H16N3O7S-. The summed E-state index contributed by atoms with van der Waals surface area (Å²) in [6.07, 6.45) is 0.908. The van der Waals surface area contributed by atoms with Crippen molar-refractivity contribution in [1.29, 1.82) is 0 Å². The number of aromatic nitrogens is 3. The van der Waals surface area contributed by atoms with E-state index in [-0.39, 0.29) is 18.7 Å². The minimum Gasteiger partial charge on any atom is -0.550 e. The molecule has 1 aliphatic heterocycles. The molecule has 0 amide bonds. The average Bonchev–Trinajstić information content (AvgIpc) is 3.01. The smallest absolute Gasteiger partial charge is 0.358 e. The number of aliphatic carboxylic acids is 1. The van der Waals surface area contributed by atoms with Gasteiger partial charge in [0.1, 0.15) is 5.78 Å². The van der Waals surface area contributed by atoms with Crippen LogP contribution in [-0.2, 0) is 30.7 Å². The zero-order valence-corrected chi connectivity index (χ0v) is 14.4. The number of carboxylic acids is 1. The fourth-order valence-corrected chi connectivity index (χ4v) is 6.40. The molecule has 1 aromatic rings. The molecule has 0 radical (unpaired) electrons. The molecule has 1 saturated heterocycles. The summed E-state index contributed by atoms with van der Waals surface area (Å²) in [4.78, 5) is 35.3. The third-order valence-corrected chi connectivity index (χ3v) is 8.00. The van der Waals surface area contributed by atoms with Crippen LogP contribution in [0.3, 0.4) is 0 Å². The fourth-order valence-electron chi connectivity index (χ4n) is 3.73. The second kappa shape index (κ2) is 5.61. The van der Waals surface area contributed by atoms with Gasteiger partial charge in [0.05, 0.1) is 29.3 Å². The predicted octanol–water partition coefficient (Wildman–Crippen LogP) is -2.03. The van der Waals surface area contributed by atoms with Crippen LogP contribution in [0.1, 0.15) is 30.8 Å². The van der Waals surface area contributed by atoms with Crippen LogP contribution in [0.2, 0.25) is 0 Å². The Hall–Kier alpha value is -2.30. The summed E-state index contributed by atoms with van der Waals surface area (Å²) >= 11 is 0. The lowest BCUT2D eigenvalue weighted by Gasteiger charge is -2.33. The van der Waals surface area contributed by atoms with Crippen LogP contribution in [0.5, 0.6) is 0 Å². The molecule has 25 heavy (non-hydrogen) atoms. The van der Waals surface area contributed by atoms with Gasteiger partial charge in [0.15, 0.2) is 15.5 Å². The van der Waals surface area contributed by atoms with E-state index in [1.165, 1.54) is 6.92 Å². The number of nitrogens with zero attached hydrogens (tertiary/aromatic N) is 3. The van der Waals surface area contributed by atoms with E-state index < -0.39 is 55.9 Å². The molecule has 0 bridgehead atoms. The van der Waals surface area contributed by atoms with Gasteiger partial charge in [0.2, 0.25) is 0 Å². The Morgan fingerprint density at radius 2 is 2.16 bits per heavy atom. The Morgan fingerprint density at radius 3 is 2.72 bits per heavy atom. The Kier molecular flexibility index (Phi) is 3.93. The van der Waals surface area contributed by atoms with E-state index in [1.54, 1.807) is 6.92 Å². The van der Waals surface area contributed by atoms with Crippen molar-refractivity contribution in [2.75, 3.05) is 6.61 Å². The molecule has 0 aromatic carbocycles. The van der Waals surface area contributed by atoms with Crippen molar-refractivity contribution in [2.24, 2.45) is 11.8 Å². The summed E-state index contributed by atoms with van der Waals surface area (Å²) in [7, 11) is -3.97. The number of ketones is 1. The van der Waals surface area contributed by atoms with Gasteiger partial charge in [-0.3, -0.25) is 4.79 Å². The normalized spacial score (nSPS) is 32.7. The van der Waals surface area contributed by atoms with E-state index >= 15 is 0 Å². The lowest BCUT2D eigenvalue weighted by molar-refractivity contribution is -0.314. The Morgan fingerprint density at radius 1 is 1.48 bits per heavy atom. The lowest BCUT2D eigenvalue weighted by atomic mass is 9.70. The Balaban J connectivity index is 2.03. The van der Waals surface area contributed by atoms with Crippen LogP contribution in [0.15, 0.2) is 6.20 Å². The maximum Gasteiger partial charge on any atom is 0.358 e. The number of esters is 1. The molecule has 2 fully saturated rings. The fraction of sp³-hybridized carbons (Fsp3) is 0.643. The van der Waals surface area contributed by atoms with Crippen LogP contribution >= 0.6 is 0 Å². The number of carboxylic acid groups (broad SMARTS) is 1. The summed E-state index contributed by atoms with van der Waals surface area (Å²) in [6.45, 7) is 2.50. The second-order valence-corrected chi connectivity index (χ2v) is 9.01. The quantitative estimate of drug-likeness (QED) is 0.535. The van der Waals surface area contributed by atoms with Crippen molar-refractivity contribution >= 4 is 27.6 Å². The van der Waals surface area contributed by atoms with E-state index in [2.05, 4.69) is 10.3 Å². The number of ether oxygens (including phenoxy) is 1. The molecule has 4 atom stereocenters. The van der Waals surface area contributed by atoms with Gasteiger partial charge in [0, 0.05) is 24.2 Å². The third-order valence-electron chi connectivity index (χ3n) is 5.06. The largest absolute Gasteiger partial charge is 0.550 e.